The minimum Gasteiger partial charge on any atom is -0.492 e. The molecule has 0 atom stereocenters. The fourth-order valence-corrected chi connectivity index (χ4v) is 2.32. The molecule has 4 heteroatoms. The van der Waals surface area contributed by atoms with Crippen LogP contribution in [-0.2, 0) is 0 Å². The Morgan fingerprint density at radius 1 is 1.14 bits per heavy atom. The van der Waals surface area contributed by atoms with E-state index < -0.39 is 0 Å². The zero-order chi connectivity index (χ0) is 14.7. The third kappa shape index (κ3) is 2.60. The van der Waals surface area contributed by atoms with Crippen LogP contribution in [0.4, 0.5) is 5.69 Å². The van der Waals surface area contributed by atoms with Gasteiger partial charge in [-0.2, -0.15) is 0 Å². The van der Waals surface area contributed by atoms with Crippen molar-refractivity contribution >= 4 is 22.5 Å². The molecule has 2 aromatic carbocycles. The highest BCUT2D eigenvalue weighted by atomic mass is 16.5. The van der Waals surface area contributed by atoms with Crippen LogP contribution in [0.3, 0.4) is 0 Å². The minimum atomic E-state index is -0.157. The molecule has 0 fully saturated rings. The number of hydrogen-bond acceptors (Lipinski definition) is 2. The average Bonchev–Trinajstić information content (AvgIpc) is 2.97. The molecule has 0 radical (unpaired) electrons. The van der Waals surface area contributed by atoms with Gasteiger partial charge in [0.05, 0.1) is 23.4 Å². The standard InChI is InChI=1S/C17H16N2O2/c1-2-21-15-9-4-3-8-14(15)19-17(20)13-7-5-6-12-10-11-18-16(12)13/h3-11,18H,2H2,1H3,(H,19,20). The SMILES string of the molecule is CCOc1ccccc1NC(=O)c1cccc2cc[nH]c12. The van der Waals surface area contributed by atoms with Gasteiger partial charge in [-0.05, 0) is 31.2 Å². The third-order valence-corrected chi connectivity index (χ3v) is 3.27. The summed E-state index contributed by atoms with van der Waals surface area (Å²) in [5.74, 6) is 0.516. The minimum absolute atomic E-state index is 0.157. The number of hydrogen-bond donors (Lipinski definition) is 2. The van der Waals surface area contributed by atoms with Crippen molar-refractivity contribution in [2.75, 3.05) is 11.9 Å². The highest BCUT2D eigenvalue weighted by Gasteiger charge is 2.12. The molecule has 0 aliphatic rings. The number of rotatable bonds is 4. The second-order valence-electron chi connectivity index (χ2n) is 4.63. The largest absolute Gasteiger partial charge is 0.492 e. The van der Waals surface area contributed by atoms with Crippen LogP contribution in [0.1, 0.15) is 17.3 Å². The van der Waals surface area contributed by atoms with Crippen molar-refractivity contribution < 1.29 is 9.53 Å². The van der Waals surface area contributed by atoms with Crippen LogP contribution in [-0.4, -0.2) is 17.5 Å². The molecule has 2 N–H and O–H groups in total. The maximum atomic E-state index is 12.5. The zero-order valence-corrected chi connectivity index (χ0v) is 11.7. The Bertz CT molecular complexity index is 777. The van der Waals surface area contributed by atoms with E-state index in [0.717, 1.165) is 10.9 Å². The van der Waals surface area contributed by atoms with Gasteiger partial charge in [0.25, 0.3) is 5.91 Å². The van der Waals surface area contributed by atoms with Crippen molar-refractivity contribution in [1.82, 2.24) is 4.98 Å². The Hall–Kier alpha value is -2.75. The summed E-state index contributed by atoms with van der Waals surface area (Å²) in [6.07, 6.45) is 1.83. The number of nitrogens with one attached hydrogen (secondary N) is 2. The molecule has 0 bridgehead atoms. The van der Waals surface area contributed by atoms with Crippen molar-refractivity contribution in [3.8, 4) is 5.75 Å². The van der Waals surface area contributed by atoms with E-state index in [1.807, 2.05) is 55.6 Å². The number of H-pyrrole nitrogens is 1. The van der Waals surface area contributed by atoms with E-state index in [4.69, 9.17) is 4.74 Å². The van der Waals surface area contributed by atoms with E-state index >= 15 is 0 Å². The molecule has 21 heavy (non-hydrogen) atoms. The molecule has 1 aromatic heterocycles. The van der Waals surface area contributed by atoms with E-state index in [2.05, 4.69) is 10.3 Å². The molecular weight excluding hydrogens is 264 g/mol. The Labute approximate surface area is 122 Å². The quantitative estimate of drug-likeness (QED) is 0.763. The lowest BCUT2D eigenvalue weighted by Crippen LogP contribution is -2.13. The lowest BCUT2D eigenvalue weighted by Gasteiger charge is -2.11. The van der Waals surface area contributed by atoms with Gasteiger partial charge in [-0.3, -0.25) is 4.79 Å². The van der Waals surface area contributed by atoms with E-state index in [9.17, 15) is 4.79 Å². The number of fused-ring (bicyclic) bond motifs is 1. The smallest absolute Gasteiger partial charge is 0.257 e. The summed E-state index contributed by atoms with van der Waals surface area (Å²) in [6.45, 7) is 2.47. The predicted molar refractivity (Wildman–Crippen MR) is 83.9 cm³/mol. The Morgan fingerprint density at radius 2 is 2.00 bits per heavy atom. The first-order valence-electron chi connectivity index (χ1n) is 6.89. The van der Waals surface area contributed by atoms with Crippen LogP contribution < -0.4 is 10.1 Å². The van der Waals surface area contributed by atoms with E-state index in [1.165, 1.54) is 0 Å². The zero-order valence-electron chi connectivity index (χ0n) is 11.7. The number of carbonyl (C=O) groups is 1. The van der Waals surface area contributed by atoms with E-state index in [0.29, 0.717) is 23.6 Å². The number of benzene rings is 2. The molecular formula is C17H16N2O2. The van der Waals surface area contributed by atoms with E-state index in [-0.39, 0.29) is 5.91 Å². The maximum Gasteiger partial charge on any atom is 0.257 e. The molecule has 3 rings (SSSR count). The molecule has 0 aliphatic carbocycles. The highest BCUT2D eigenvalue weighted by molar-refractivity contribution is 6.12. The summed E-state index contributed by atoms with van der Waals surface area (Å²) in [7, 11) is 0. The fourth-order valence-electron chi connectivity index (χ4n) is 2.32. The molecule has 1 heterocycles. The molecule has 3 aromatic rings. The average molecular weight is 280 g/mol. The number of carbonyl (C=O) groups excluding carboxylic acids is 1. The normalized spacial score (nSPS) is 10.5. The topological polar surface area (TPSA) is 54.1 Å². The van der Waals surface area contributed by atoms with Crippen LogP contribution in [0.5, 0.6) is 5.75 Å². The molecule has 1 amide bonds. The van der Waals surface area contributed by atoms with Gasteiger partial charge in [0.15, 0.2) is 0 Å². The molecule has 0 aliphatic heterocycles. The lowest BCUT2D eigenvalue weighted by molar-refractivity contribution is 0.102. The van der Waals surface area contributed by atoms with Crippen molar-refractivity contribution in [1.29, 1.82) is 0 Å². The summed E-state index contributed by atoms with van der Waals surface area (Å²) >= 11 is 0. The number of aromatic nitrogens is 1. The fraction of sp³-hybridized carbons (Fsp3) is 0.118. The van der Waals surface area contributed by atoms with Gasteiger partial charge in [-0.25, -0.2) is 0 Å². The highest BCUT2D eigenvalue weighted by Crippen LogP contribution is 2.25. The van der Waals surface area contributed by atoms with Gasteiger partial charge >= 0.3 is 0 Å². The Morgan fingerprint density at radius 3 is 2.86 bits per heavy atom. The number of amides is 1. The Kier molecular flexibility index (Phi) is 3.60. The number of para-hydroxylation sites is 3. The van der Waals surface area contributed by atoms with Gasteiger partial charge in [0.1, 0.15) is 5.75 Å². The van der Waals surface area contributed by atoms with Gasteiger partial charge in [0, 0.05) is 11.6 Å². The molecule has 0 saturated heterocycles. The van der Waals surface area contributed by atoms with Gasteiger partial charge < -0.3 is 15.0 Å². The second-order valence-corrected chi connectivity index (χ2v) is 4.63. The van der Waals surface area contributed by atoms with Crippen LogP contribution in [0.2, 0.25) is 0 Å². The monoisotopic (exact) mass is 280 g/mol. The molecule has 106 valence electrons. The third-order valence-electron chi connectivity index (χ3n) is 3.27. The Balaban J connectivity index is 1.92. The number of anilines is 1. The number of aromatic amines is 1. The summed E-state index contributed by atoms with van der Waals surface area (Å²) in [5, 5.41) is 3.92. The van der Waals surface area contributed by atoms with Gasteiger partial charge in [0.2, 0.25) is 0 Å². The first kappa shape index (κ1) is 13.2. The van der Waals surface area contributed by atoms with Crippen LogP contribution in [0, 0.1) is 0 Å². The summed E-state index contributed by atoms with van der Waals surface area (Å²) in [4.78, 5) is 15.6. The van der Waals surface area contributed by atoms with Crippen LogP contribution in [0.25, 0.3) is 10.9 Å². The second kappa shape index (κ2) is 5.71. The summed E-state index contributed by atoms with van der Waals surface area (Å²) in [6, 6.07) is 15.0. The summed E-state index contributed by atoms with van der Waals surface area (Å²) in [5.41, 5.74) is 2.13. The van der Waals surface area contributed by atoms with Crippen molar-refractivity contribution in [3.63, 3.8) is 0 Å². The summed E-state index contributed by atoms with van der Waals surface area (Å²) < 4.78 is 5.52. The molecule has 0 spiro atoms. The van der Waals surface area contributed by atoms with Crippen LogP contribution in [0.15, 0.2) is 54.7 Å². The lowest BCUT2D eigenvalue weighted by atomic mass is 10.1. The first-order chi connectivity index (χ1) is 10.3. The number of ether oxygens (including phenoxy) is 1. The van der Waals surface area contributed by atoms with Gasteiger partial charge in [-0.1, -0.05) is 24.3 Å². The molecule has 0 saturated carbocycles. The maximum absolute atomic E-state index is 12.5. The van der Waals surface area contributed by atoms with Gasteiger partial charge in [-0.15, -0.1) is 0 Å². The molecule has 4 nitrogen and oxygen atoms in total. The van der Waals surface area contributed by atoms with E-state index in [1.54, 1.807) is 6.07 Å². The van der Waals surface area contributed by atoms with Crippen LogP contribution >= 0.6 is 0 Å². The molecule has 0 unspecified atom stereocenters. The predicted octanol–water partition coefficient (Wildman–Crippen LogP) is 3.82. The van der Waals surface area contributed by atoms with Crippen molar-refractivity contribution in [2.24, 2.45) is 0 Å². The van der Waals surface area contributed by atoms with Crippen molar-refractivity contribution in [3.05, 3.63) is 60.3 Å². The first-order valence-corrected chi connectivity index (χ1v) is 6.89. The van der Waals surface area contributed by atoms with Crippen molar-refractivity contribution in [2.45, 2.75) is 6.92 Å².